The Kier molecular flexibility index (Phi) is 8.20. The van der Waals surface area contributed by atoms with Crippen LogP contribution in [0.4, 0.5) is 4.39 Å². The second kappa shape index (κ2) is 11.8. The second-order valence-electron chi connectivity index (χ2n) is 10.6. The third-order valence-electron chi connectivity index (χ3n) is 8.03. The molecule has 9 nitrogen and oxygen atoms in total. The van der Waals surface area contributed by atoms with Gasteiger partial charge in [0.15, 0.2) is 17.5 Å². The molecule has 1 fully saturated rings. The number of carbonyl (C=O) groups excluding carboxylic acids is 2. The minimum atomic E-state index is -0.563. The fourth-order valence-electron chi connectivity index (χ4n) is 5.71. The van der Waals surface area contributed by atoms with E-state index in [1.807, 2.05) is 6.92 Å². The maximum absolute atomic E-state index is 13.5. The van der Waals surface area contributed by atoms with Crippen LogP contribution in [0, 0.1) is 12.7 Å². The number of benzene rings is 1. The molecule has 10 heteroatoms. The number of fused-ring (bicyclic) bond motifs is 2. The van der Waals surface area contributed by atoms with E-state index >= 15 is 0 Å². The first-order valence-corrected chi connectivity index (χ1v) is 13.9. The van der Waals surface area contributed by atoms with Crippen LogP contribution >= 0.6 is 0 Å². The van der Waals surface area contributed by atoms with Crippen molar-refractivity contribution in [2.45, 2.75) is 83.8 Å². The van der Waals surface area contributed by atoms with Gasteiger partial charge in [-0.05, 0) is 64.3 Å². The van der Waals surface area contributed by atoms with Gasteiger partial charge in [0.05, 0.1) is 12.1 Å². The first kappa shape index (κ1) is 27.2. The van der Waals surface area contributed by atoms with E-state index in [-0.39, 0.29) is 35.9 Å². The van der Waals surface area contributed by atoms with Crippen LogP contribution in [0.3, 0.4) is 0 Å². The Bertz CT molecular complexity index is 1420. The summed E-state index contributed by atoms with van der Waals surface area (Å²) < 4.78 is 26.1. The lowest BCUT2D eigenvalue weighted by atomic mass is 9.91. The molecule has 0 spiro atoms. The highest BCUT2D eigenvalue weighted by atomic mass is 19.1. The predicted octanol–water partition coefficient (Wildman–Crippen LogP) is 4.39. The zero-order valence-corrected chi connectivity index (χ0v) is 22.6. The fourth-order valence-corrected chi connectivity index (χ4v) is 5.71. The maximum Gasteiger partial charge on any atom is 0.306 e. The highest BCUT2D eigenvalue weighted by Gasteiger charge is 2.29. The van der Waals surface area contributed by atoms with E-state index < -0.39 is 12.1 Å². The summed E-state index contributed by atoms with van der Waals surface area (Å²) >= 11 is 0. The molecule has 0 bridgehead atoms. The van der Waals surface area contributed by atoms with E-state index in [0.717, 1.165) is 50.0 Å². The number of hydrogen-bond donors (Lipinski definition) is 0. The molecule has 0 radical (unpaired) electrons. The summed E-state index contributed by atoms with van der Waals surface area (Å²) in [6, 6.07) is 4.55. The van der Waals surface area contributed by atoms with Crippen LogP contribution in [0.1, 0.15) is 86.7 Å². The summed E-state index contributed by atoms with van der Waals surface area (Å²) in [5.74, 6) is 0.0204. The van der Waals surface area contributed by atoms with Crippen LogP contribution in [0.5, 0.6) is 0 Å². The van der Waals surface area contributed by atoms with E-state index in [1.54, 1.807) is 17.6 Å². The Hall–Kier alpha value is -3.40. The second-order valence-corrected chi connectivity index (χ2v) is 10.6. The molecule has 1 atom stereocenters. The van der Waals surface area contributed by atoms with Crippen molar-refractivity contribution >= 4 is 22.7 Å². The van der Waals surface area contributed by atoms with E-state index in [4.69, 9.17) is 14.2 Å². The van der Waals surface area contributed by atoms with Gasteiger partial charge in [-0.3, -0.25) is 19.0 Å². The number of aromatic nitrogens is 3. The Morgan fingerprint density at radius 2 is 1.95 bits per heavy atom. The van der Waals surface area contributed by atoms with Crippen LogP contribution in [0.25, 0.3) is 11.0 Å². The maximum atomic E-state index is 13.5. The number of likely N-dealkylation sites (tertiary alicyclic amines) is 1. The highest BCUT2D eigenvalue weighted by Crippen LogP contribution is 2.33. The van der Waals surface area contributed by atoms with Gasteiger partial charge in [-0.25, -0.2) is 9.37 Å². The zero-order valence-electron chi connectivity index (χ0n) is 22.6. The number of hydrogen-bond acceptors (Lipinski definition) is 8. The van der Waals surface area contributed by atoms with Gasteiger partial charge in [-0.1, -0.05) is 12.1 Å². The molecule has 3 aromatic rings. The summed E-state index contributed by atoms with van der Waals surface area (Å²) in [6.45, 7) is 6.66. The van der Waals surface area contributed by atoms with E-state index in [9.17, 15) is 18.8 Å². The molecule has 1 unspecified atom stereocenters. The summed E-state index contributed by atoms with van der Waals surface area (Å²) in [5.41, 5.74) is 2.68. The van der Waals surface area contributed by atoms with Crippen molar-refractivity contribution in [3.63, 3.8) is 0 Å². The number of ether oxygens (including phenoxy) is 1. The molecule has 2 aliphatic rings. The lowest BCUT2D eigenvalue weighted by Crippen LogP contribution is -2.38. The number of piperidine rings is 1. The van der Waals surface area contributed by atoms with E-state index in [2.05, 4.69) is 10.1 Å². The number of rotatable bonds is 9. The highest BCUT2D eigenvalue weighted by molar-refractivity contribution is 5.82. The average molecular weight is 539 g/mol. The third kappa shape index (κ3) is 5.95. The van der Waals surface area contributed by atoms with Gasteiger partial charge in [0.2, 0.25) is 0 Å². The van der Waals surface area contributed by atoms with Crippen molar-refractivity contribution in [2.24, 2.45) is 0 Å². The molecule has 208 valence electrons. The van der Waals surface area contributed by atoms with Crippen molar-refractivity contribution in [2.75, 3.05) is 19.6 Å². The average Bonchev–Trinajstić information content (AvgIpc) is 3.35. The molecule has 0 N–H and O–H groups in total. The molecule has 39 heavy (non-hydrogen) atoms. The molecule has 5 rings (SSSR count). The third-order valence-corrected chi connectivity index (χ3v) is 8.03. The molecule has 2 aliphatic heterocycles. The van der Waals surface area contributed by atoms with Gasteiger partial charge in [-0.15, -0.1) is 0 Å². The van der Waals surface area contributed by atoms with Crippen molar-refractivity contribution in [1.29, 1.82) is 0 Å². The molecule has 4 heterocycles. The summed E-state index contributed by atoms with van der Waals surface area (Å²) in [7, 11) is 0. The zero-order chi connectivity index (χ0) is 27.5. The van der Waals surface area contributed by atoms with Crippen molar-refractivity contribution in [3.8, 4) is 0 Å². The van der Waals surface area contributed by atoms with Gasteiger partial charge in [0.25, 0.3) is 5.56 Å². The SMILES string of the molecule is CCC(=O)CCC(=O)OC1CCCn2c1nc(C)c(CCN1CCC(c3noc4cc(F)ccc34)CC1)c2=O. The van der Waals surface area contributed by atoms with Gasteiger partial charge in [0.1, 0.15) is 11.6 Å². The number of Topliss-reactive ketones (excluding diaryl/α,β-unsaturated/α-hetero) is 1. The Labute approximate surface area is 226 Å². The monoisotopic (exact) mass is 538 g/mol. The number of ketones is 1. The summed E-state index contributed by atoms with van der Waals surface area (Å²) in [6.07, 6.45) is 3.82. The van der Waals surface area contributed by atoms with Crippen LogP contribution < -0.4 is 5.56 Å². The topological polar surface area (TPSA) is 108 Å². The number of esters is 1. The first-order chi connectivity index (χ1) is 18.8. The molecular weight excluding hydrogens is 503 g/mol. The Morgan fingerprint density at radius 1 is 1.15 bits per heavy atom. The largest absolute Gasteiger partial charge is 0.454 e. The summed E-state index contributed by atoms with van der Waals surface area (Å²) in [4.78, 5) is 44.4. The minimum absolute atomic E-state index is 0.0263. The van der Waals surface area contributed by atoms with Crippen LogP contribution in [-0.2, 0) is 27.3 Å². The van der Waals surface area contributed by atoms with Gasteiger partial charge >= 0.3 is 5.97 Å². The molecule has 0 saturated carbocycles. The fraction of sp³-hybridized carbons (Fsp3) is 0.552. The first-order valence-electron chi connectivity index (χ1n) is 13.9. The Balaban J connectivity index is 1.20. The molecule has 1 aromatic carbocycles. The van der Waals surface area contributed by atoms with Crippen LogP contribution in [0.15, 0.2) is 27.5 Å². The van der Waals surface area contributed by atoms with Crippen molar-refractivity contribution in [3.05, 3.63) is 57.1 Å². The lowest BCUT2D eigenvalue weighted by molar-refractivity contribution is -0.152. The summed E-state index contributed by atoms with van der Waals surface area (Å²) in [5, 5.41) is 5.10. The van der Waals surface area contributed by atoms with Crippen molar-refractivity contribution in [1.82, 2.24) is 19.6 Å². The van der Waals surface area contributed by atoms with Crippen LogP contribution in [0.2, 0.25) is 0 Å². The number of halogens is 1. The predicted molar refractivity (Wildman–Crippen MR) is 142 cm³/mol. The van der Waals surface area contributed by atoms with E-state index in [1.165, 1.54) is 12.1 Å². The normalized spacial score (nSPS) is 18.3. The molecule has 0 amide bonds. The molecule has 2 aromatic heterocycles. The molecule has 0 aliphatic carbocycles. The standard InChI is InChI=1S/C29H35FN4O5/c1-3-21(35)7-9-26(36)38-24-5-4-13-34-28(24)31-18(2)22(29(34)37)12-16-33-14-10-19(11-15-33)27-23-8-6-20(30)17-25(23)39-32-27/h6,8,17,19,24H,3-5,7,9-16H2,1-2H3. The quantitative estimate of drug-likeness (QED) is 0.369. The van der Waals surface area contributed by atoms with Crippen molar-refractivity contribution < 1.29 is 23.2 Å². The lowest BCUT2D eigenvalue weighted by Gasteiger charge is -2.31. The minimum Gasteiger partial charge on any atom is -0.454 e. The van der Waals surface area contributed by atoms with Gasteiger partial charge in [-0.2, -0.15) is 0 Å². The molecule has 1 saturated heterocycles. The van der Waals surface area contributed by atoms with Gasteiger partial charge in [0, 0.05) is 54.6 Å². The number of nitrogens with zero attached hydrogens (tertiary/aromatic N) is 4. The Morgan fingerprint density at radius 3 is 2.72 bits per heavy atom. The van der Waals surface area contributed by atoms with Gasteiger partial charge < -0.3 is 14.2 Å². The number of aryl methyl sites for hydroxylation is 1. The van der Waals surface area contributed by atoms with E-state index in [0.29, 0.717) is 48.5 Å². The molecular formula is C29H35FN4O5. The smallest absolute Gasteiger partial charge is 0.306 e. The van der Waals surface area contributed by atoms with Crippen LogP contribution in [-0.4, -0.2) is 51.0 Å². The number of carbonyl (C=O) groups is 2.